The fourth-order valence-electron chi connectivity index (χ4n) is 3.86. The fourth-order valence-corrected chi connectivity index (χ4v) is 3.86. The maximum absolute atomic E-state index is 3.78. The second-order valence-electron chi connectivity index (χ2n) is 5.83. The first-order chi connectivity index (χ1) is 7.07. The minimum atomic E-state index is 0.651. The van der Waals surface area contributed by atoms with E-state index >= 15 is 0 Å². The molecule has 2 aliphatic rings. The average Bonchev–Trinajstić information content (AvgIpc) is 3.11. The van der Waals surface area contributed by atoms with Gasteiger partial charge >= 0.3 is 0 Å². The molecule has 84 valence electrons. The lowest BCUT2D eigenvalue weighted by Gasteiger charge is -2.30. The zero-order valence-electron chi connectivity index (χ0n) is 10.6. The van der Waals surface area contributed by atoms with E-state index in [-0.39, 0.29) is 0 Å². The molecule has 0 aliphatic heterocycles. The largest absolute Gasteiger partial charge is 0.129 e. The summed E-state index contributed by atoms with van der Waals surface area (Å²) in [5.74, 6) is 3.50. The van der Waals surface area contributed by atoms with Gasteiger partial charge in [-0.1, -0.05) is 40.7 Å². The first-order valence-corrected chi connectivity index (χ1v) is 6.46. The van der Waals surface area contributed by atoms with Crippen molar-refractivity contribution in [3.8, 4) is 0 Å². The molecular formula is C15H24. The van der Waals surface area contributed by atoms with Gasteiger partial charge in [-0.3, -0.25) is 0 Å². The van der Waals surface area contributed by atoms with E-state index < -0.39 is 0 Å². The van der Waals surface area contributed by atoms with Crippen LogP contribution in [0.25, 0.3) is 0 Å². The van der Waals surface area contributed by atoms with Crippen LogP contribution in [0.3, 0.4) is 0 Å². The van der Waals surface area contributed by atoms with E-state index in [1.165, 1.54) is 24.8 Å². The van der Waals surface area contributed by atoms with Crippen molar-refractivity contribution in [1.82, 2.24) is 0 Å². The third kappa shape index (κ3) is 1.51. The lowest BCUT2D eigenvalue weighted by molar-refractivity contribution is 0.184. The Balaban J connectivity index is 2.11. The Bertz CT molecular complexity index is 308. The highest BCUT2D eigenvalue weighted by molar-refractivity contribution is 5.26. The summed E-state index contributed by atoms with van der Waals surface area (Å²) in [5.41, 5.74) is 5.25. The molecule has 0 spiro atoms. The van der Waals surface area contributed by atoms with Gasteiger partial charge in [0, 0.05) is 0 Å². The van der Waals surface area contributed by atoms with Crippen molar-refractivity contribution in [2.45, 2.75) is 47.0 Å². The summed E-state index contributed by atoms with van der Waals surface area (Å²) >= 11 is 0. The number of rotatable bonds is 4. The number of hydrogen-bond acceptors (Lipinski definition) is 0. The van der Waals surface area contributed by atoms with Gasteiger partial charge in [-0.25, -0.2) is 0 Å². The Labute approximate surface area is 94.5 Å². The van der Waals surface area contributed by atoms with Gasteiger partial charge in [-0.2, -0.15) is 0 Å². The molecule has 0 radical (unpaired) electrons. The molecule has 5 unspecified atom stereocenters. The van der Waals surface area contributed by atoms with Gasteiger partial charge in [0.15, 0.2) is 0 Å². The highest BCUT2D eigenvalue weighted by Gasteiger charge is 2.60. The molecule has 2 saturated carbocycles. The highest BCUT2D eigenvalue weighted by Crippen LogP contribution is 2.68. The van der Waals surface area contributed by atoms with Gasteiger partial charge in [0.1, 0.15) is 0 Å². The summed E-state index contributed by atoms with van der Waals surface area (Å²) in [4.78, 5) is 0. The van der Waals surface area contributed by atoms with Crippen LogP contribution in [0.1, 0.15) is 47.0 Å². The van der Waals surface area contributed by atoms with E-state index in [0.29, 0.717) is 5.41 Å². The van der Waals surface area contributed by atoms with Crippen LogP contribution in [0.4, 0.5) is 0 Å². The maximum atomic E-state index is 3.78. The number of hydrogen-bond donors (Lipinski definition) is 0. The molecule has 0 heteroatoms. The van der Waals surface area contributed by atoms with Crippen molar-refractivity contribution in [3.05, 3.63) is 17.9 Å². The molecule has 0 amide bonds. The van der Waals surface area contributed by atoms with E-state index in [1.54, 1.807) is 0 Å². The summed E-state index contributed by atoms with van der Waals surface area (Å²) in [6.07, 6.45) is 4.05. The molecule has 0 aromatic rings. The van der Waals surface area contributed by atoms with Gasteiger partial charge in [0.2, 0.25) is 0 Å². The van der Waals surface area contributed by atoms with E-state index in [9.17, 15) is 0 Å². The van der Waals surface area contributed by atoms with Gasteiger partial charge in [0.05, 0.1) is 0 Å². The molecular weight excluding hydrogens is 180 g/mol. The Hall–Kier alpha value is -0.480. The highest BCUT2D eigenvalue weighted by atomic mass is 14.6. The topological polar surface area (TPSA) is 0 Å². The van der Waals surface area contributed by atoms with Crippen LogP contribution in [0.15, 0.2) is 17.9 Å². The molecule has 15 heavy (non-hydrogen) atoms. The van der Waals surface area contributed by atoms with Crippen LogP contribution in [-0.2, 0) is 0 Å². The van der Waals surface area contributed by atoms with E-state index in [2.05, 4.69) is 40.0 Å². The standard InChI is InChI=1S/C15H24/c1-6-10(3)15(9-11(15)4)12(5)14-8-13(14)7-2/h10-12,14H,2,6,8-9H2,1,3-5H3. The van der Waals surface area contributed by atoms with E-state index in [1.807, 2.05) is 0 Å². The molecule has 0 saturated heterocycles. The molecule has 2 rings (SSSR count). The van der Waals surface area contributed by atoms with Crippen LogP contribution >= 0.6 is 0 Å². The third-order valence-electron chi connectivity index (χ3n) is 5.35. The normalized spacial score (nSPS) is 42.0. The van der Waals surface area contributed by atoms with E-state index in [0.717, 1.165) is 23.7 Å². The Morgan fingerprint density at radius 3 is 2.47 bits per heavy atom. The van der Waals surface area contributed by atoms with Crippen LogP contribution in [0, 0.1) is 29.1 Å². The molecule has 0 heterocycles. The van der Waals surface area contributed by atoms with Crippen LogP contribution in [0.2, 0.25) is 0 Å². The second kappa shape index (κ2) is 3.52. The molecule has 5 atom stereocenters. The first-order valence-electron chi connectivity index (χ1n) is 6.46. The Morgan fingerprint density at radius 1 is 1.53 bits per heavy atom. The molecule has 2 fully saturated rings. The van der Waals surface area contributed by atoms with Crippen molar-refractivity contribution in [2.24, 2.45) is 29.1 Å². The molecule has 0 bridgehead atoms. The Kier molecular flexibility index (Phi) is 2.59. The SMILES string of the molecule is C=C=C1CC1C(C)C1(C(C)CC)CC1C. The van der Waals surface area contributed by atoms with Crippen molar-refractivity contribution in [3.63, 3.8) is 0 Å². The van der Waals surface area contributed by atoms with Crippen LogP contribution in [-0.4, -0.2) is 0 Å². The lowest BCUT2D eigenvalue weighted by atomic mass is 9.74. The summed E-state index contributed by atoms with van der Waals surface area (Å²) in [7, 11) is 0. The molecule has 0 nitrogen and oxygen atoms in total. The summed E-state index contributed by atoms with van der Waals surface area (Å²) in [5, 5.41) is 0. The van der Waals surface area contributed by atoms with Gasteiger partial charge < -0.3 is 0 Å². The second-order valence-corrected chi connectivity index (χ2v) is 5.83. The minimum Gasteiger partial charge on any atom is -0.129 e. The van der Waals surface area contributed by atoms with Gasteiger partial charge in [0.25, 0.3) is 0 Å². The van der Waals surface area contributed by atoms with Crippen LogP contribution < -0.4 is 0 Å². The average molecular weight is 204 g/mol. The summed E-state index contributed by atoms with van der Waals surface area (Å²) in [6.45, 7) is 13.5. The quantitative estimate of drug-likeness (QED) is 0.594. The van der Waals surface area contributed by atoms with Gasteiger partial charge in [-0.15, -0.1) is 5.73 Å². The van der Waals surface area contributed by atoms with Gasteiger partial charge in [-0.05, 0) is 47.5 Å². The zero-order valence-corrected chi connectivity index (χ0v) is 10.6. The first kappa shape index (κ1) is 11.0. The van der Waals surface area contributed by atoms with Crippen molar-refractivity contribution >= 4 is 0 Å². The summed E-state index contributed by atoms with van der Waals surface area (Å²) < 4.78 is 0. The monoisotopic (exact) mass is 204 g/mol. The minimum absolute atomic E-state index is 0.651. The molecule has 0 aromatic carbocycles. The molecule has 0 N–H and O–H groups in total. The summed E-state index contributed by atoms with van der Waals surface area (Å²) in [6, 6.07) is 0. The lowest BCUT2D eigenvalue weighted by Crippen LogP contribution is -2.24. The predicted molar refractivity (Wildman–Crippen MR) is 65.6 cm³/mol. The van der Waals surface area contributed by atoms with Crippen molar-refractivity contribution < 1.29 is 0 Å². The fraction of sp³-hybridized carbons (Fsp3) is 0.800. The molecule has 0 aromatic heterocycles. The van der Waals surface area contributed by atoms with Crippen LogP contribution in [0.5, 0.6) is 0 Å². The zero-order chi connectivity index (χ0) is 11.2. The number of allylic oxidation sites excluding steroid dienone is 1. The third-order valence-corrected chi connectivity index (χ3v) is 5.35. The van der Waals surface area contributed by atoms with Crippen molar-refractivity contribution in [2.75, 3.05) is 0 Å². The predicted octanol–water partition coefficient (Wildman–Crippen LogP) is 4.43. The van der Waals surface area contributed by atoms with Crippen molar-refractivity contribution in [1.29, 1.82) is 0 Å². The Morgan fingerprint density at radius 2 is 2.13 bits per heavy atom. The van der Waals surface area contributed by atoms with E-state index in [4.69, 9.17) is 0 Å². The smallest absolute Gasteiger partial charge is 0.00525 e. The molecule has 2 aliphatic carbocycles. The maximum Gasteiger partial charge on any atom is -0.00525 e.